The van der Waals surface area contributed by atoms with Gasteiger partial charge >= 0.3 is 0 Å². The van der Waals surface area contributed by atoms with Crippen LogP contribution < -0.4 is 16.0 Å². The summed E-state index contributed by atoms with van der Waals surface area (Å²) in [4.78, 5) is 10.1. The lowest BCUT2D eigenvalue weighted by molar-refractivity contribution is 0.145. The van der Waals surface area contributed by atoms with Crippen molar-refractivity contribution in [2.24, 2.45) is 0 Å². The predicted octanol–water partition coefficient (Wildman–Crippen LogP) is 2.99. The first-order valence-corrected chi connectivity index (χ1v) is 8.59. The number of halogens is 2. The molecule has 1 aromatic heterocycles. The number of nitrogens with two attached hydrogens (primary N) is 1. The molecule has 25 heavy (non-hydrogen) atoms. The van der Waals surface area contributed by atoms with Crippen LogP contribution in [0.4, 0.5) is 21.8 Å². The van der Waals surface area contributed by atoms with E-state index in [-0.39, 0.29) is 29.1 Å². The Morgan fingerprint density at radius 3 is 2.72 bits per heavy atom. The largest absolute Gasteiger partial charge is 0.393 e. The van der Waals surface area contributed by atoms with Gasteiger partial charge in [0.25, 0.3) is 0 Å². The van der Waals surface area contributed by atoms with Crippen molar-refractivity contribution >= 4 is 29.1 Å². The van der Waals surface area contributed by atoms with Gasteiger partial charge in [-0.25, -0.2) is 9.37 Å². The number of anilines is 3. The van der Waals surface area contributed by atoms with Crippen LogP contribution in [-0.2, 0) is 0 Å². The number of rotatable bonds is 4. The normalized spacial score (nSPS) is 16.7. The molecule has 0 bridgehead atoms. The van der Waals surface area contributed by atoms with E-state index in [4.69, 9.17) is 17.3 Å². The van der Waals surface area contributed by atoms with Gasteiger partial charge in [0.1, 0.15) is 16.8 Å². The zero-order valence-electron chi connectivity index (χ0n) is 13.9. The number of hydrogen-bond donors (Lipinski definition) is 3. The highest BCUT2D eigenvalue weighted by Crippen LogP contribution is 2.31. The molecule has 0 radical (unpaired) electrons. The Morgan fingerprint density at radius 1 is 1.32 bits per heavy atom. The van der Waals surface area contributed by atoms with E-state index in [0.717, 1.165) is 24.3 Å². The number of aliphatic hydroxyl groups excluding tert-OH is 1. The van der Waals surface area contributed by atoms with Crippen molar-refractivity contribution in [1.29, 1.82) is 0 Å². The average Bonchev–Trinajstić information content (AvgIpc) is 2.54. The number of nitrogens with zero attached hydrogens (tertiary/aromatic N) is 3. The molecule has 6 nitrogen and oxygen atoms in total. The molecular weight excluding hydrogens is 345 g/mol. The van der Waals surface area contributed by atoms with Crippen molar-refractivity contribution in [1.82, 2.24) is 9.97 Å². The first-order chi connectivity index (χ1) is 11.9. The van der Waals surface area contributed by atoms with Gasteiger partial charge in [0.15, 0.2) is 0 Å². The Morgan fingerprint density at radius 2 is 2.04 bits per heavy atom. The fourth-order valence-electron chi connectivity index (χ4n) is 3.08. The number of aliphatic hydroxyl groups is 1. The van der Waals surface area contributed by atoms with Crippen molar-refractivity contribution in [3.8, 4) is 0 Å². The molecule has 134 valence electrons. The van der Waals surface area contributed by atoms with Crippen LogP contribution in [-0.4, -0.2) is 34.3 Å². The van der Waals surface area contributed by atoms with Gasteiger partial charge in [-0.1, -0.05) is 11.6 Å². The predicted molar refractivity (Wildman–Crippen MR) is 97.3 cm³/mol. The second kappa shape index (κ2) is 7.41. The lowest BCUT2D eigenvalue weighted by atomic mass is 10.0. The smallest absolute Gasteiger partial charge is 0.223 e. The van der Waals surface area contributed by atoms with Gasteiger partial charge < -0.3 is 21.1 Å². The first-order valence-electron chi connectivity index (χ1n) is 8.21. The zero-order chi connectivity index (χ0) is 18.0. The Kier molecular flexibility index (Phi) is 5.24. The minimum atomic E-state index is -0.301. The van der Waals surface area contributed by atoms with E-state index < -0.39 is 0 Å². The summed E-state index contributed by atoms with van der Waals surface area (Å²) in [5.41, 5.74) is 7.37. The van der Waals surface area contributed by atoms with Crippen LogP contribution in [0.5, 0.6) is 0 Å². The molecule has 8 heteroatoms. The lowest BCUT2D eigenvalue weighted by Crippen LogP contribution is -2.36. The van der Waals surface area contributed by atoms with Crippen LogP contribution >= 0.6 is 11.6 Å². The number of nitrogen functional groups attached to an aromatic ring is 1. The molecular formula is C17H21ClFN5O. The maximum Gasteiger partial charge on any atom is 0.223 e. The number of benzene rings is 1. The van der Waals surface area contributed by atoms with Gasteiger partial charge in [0.2, 0.25) is 5.95 Å². The molecule has 1 aliphatic rings. The van der Waals surface area contributed by atoms with Crippen molar-refractivity contribution in [2.45, 2.75) is 31.9 Å². The molecule has 1 atom stereocenters. The van der Waals surface area contributed by atoms with E-state index in [1.807, 2.05) is 6.92 Å². The van der Waals surface area contributed by atoms with Crippen molar-refractivity contribution in [3.63, 3.8) is 0 Å². The Labute approximate surface area is 150 Å². The molecule has 1 aliphatic heterocycles. The van der Waals surface area contributed by atoms with Crippen LogP contribution in [0.15, 0.2) is 24.3 Å². The summed E-state index contributed by atoms with van der Waals surface area (Å²) < 4.78 is 13.9. The molecule has 0 spiro atoms. The van der Waals surface area contributed by atoms with Gasteiger partial charge in [0, 0.05) is 30.4 Å². The summed E-state index contributed by atoms with van der Waals surface area (Å²) in [6.45, 7) is 3.39. The summed E-state index contributed by atoms with van der Waals surface area (Å²) in [5, 5.41) is 13.1. The van der Waals surface area contributed by atoms with Gasteiger partial charge in [-0.05, 0) is 38.0 Å². The molecule has 0 amide bonds. The van der Waals surface area contributed by atoms with E-state index in [1.54, 1.807) is 12.1 Å². The highest BCUT2D eigenvalue weighted by molar-refractivity contribution is 6.29. The molecule has 2 aromatic rings. The summed E-state index contributed by atoms with van der Waals surface area (Å²) in [6.07, 6.45) is 1.15. The minimum absolute atomic E-state index is 0.0756. The van der Waals surface area contributed by atoms with E-state index in [9.17, 15) is 9.50 Å². The van der Waals surface area contributed by atoms with Crippen LogP contribution in [0.25, 0.3) is 0 Å². The van der Waals surface area contributed by atoms with Crippen molar-refractivity contribution < 1.29 is 9.50 Å². The SMILES string of the molecule is CC(Nc1cc(Cl)nc(N)n1)c1cc(F)ccc1N1CCC(O)CC1. The van der Waals surface area contributed by atoms with E-state index >= 15 is 0 Å². The molecule has 4 N–H and O–H groups in total. The highest BCUT2D eigenvalue weighted by atomic mass is 35.5. The molecule has 1 saturated heterocycles. The summed E-state index contributed by atoms with van der Waals surface area (Å²) >= 11 is 5.91. The van der Waals surface area contributed by atoms with Crippen LogP contribution in [0, 0.1) is 5.82 Å². The number of piperidine rings is 1. The second-order valence-corrected chi connectivity index (χ2v) is 6.61. The Bertz CT molecular complexity index is 732. The average molecular weight is 366 g/mol. The third-order valence-corrected chi connectivity index (χ3v) is 4.53. The summed E-state index contributed by atoms with van der Waals surface area (Å²) in [5.74, 6) is 0.255. The third kappa shape index (κ3) is 4.29. The van der Waals surface area contributed by atoms with Gasteiger partial charge in [-0.2, -0.15) is 4.98 Å². The Hall–Kier alpha value is -2.12. The highest BCUT2D eigenvalue weighted by Gasteiger charge is 2.22. The fraction of sp³-hybridized carbons (Fsp3) is 0.412. The van der Waals surface area contributed by atoms with Crippen LogP contribution in [0.2, 0.25) is 5.15 Å². The Balaban J connectivity index is 1.86. The number of aromatic nitrogens is 2. The number of hydrogen-bond acceptors (Lipinski definition) is 6. The lowest BCUT2D eigenvalue weighted by Gasteiger charge is -2.34. The van der Waals surface area contributed by atoms with Crippen LogP contribution in [0.3, 0.4) is 0 Å². The first kappa shape index (κ1) is 17.7. The van der Waals surface area contributed by atoms with Gasteiger partial charge in [-0.15, -0.1) is 0 Å². The summed E-state index contributed by atoms with van der Waals surface area (Å²) in [7, 11) is 0. The molecule has 0 saturated carbocycles. The van der Waals surface area contributed by atoms with E-state index in [2.05, 4.69) is 20.2 Å². The van der Waals surface area contributed by atoms with Gasteiger partial charge in [0.05, 0.1) is 12.1 Å². The fourth-order valence-corrected chi connectivity index (χ4v) is 3.27. The zero-order valence-corrected chi connectivity index (χ0v) is 14.7. The second-order valence-electron chi connectivity index (χ2n) is 6.22. The molecule has 2 heterocycles. The molecule has 1 unspecified atom stereocenters. The van der Waals surface area contributed by atoms with Gasteiger partial charge in [-0.3, -0.25) is 0 Å². The van der Waals surface area contributed by atoms with E-state index in [0.29, 0.717) is 18.7 Å². The van der Waals surface area contributed by atoms with Crippen molar-refractivity contribution in [3.05, 3.63) is 40.8 Å². The maximum absolute atomic E-state index is 13.9. The molecule has 1 fully saturated rings. The standard InChI is InChI=1S/C17H21ClFN5O/c1-10(21-16-9-15(18)22-17(20)23-16)13-8-11(19)2-3-14(13)24-6-4-12(25)5-7-24/h2-3,8-10,12,25H,4-7H2,1H3,(H3,20,21,22,23). The quantitative estimate of drug-likeness (QED) is 0.722. The maximum atomic E-state index is 13.9. The molecule has 1 aromatic carbocycles. The van der Waals surface area contributed by atoms with Crippen LogP contribution in [0.1, 0.15) is 31.4 Å². The number of nitrogens with one attached hydrogen (secondary N) is 1. The minimum Gasteiger partial charge on any atom is -0.393 e. The molecule has 0 aliphatic carbocycles. The monoisotopic (exact) mass is 365 g/mol. The topological polar surface area (TPSA) is 87.3 Å². The van der Waals surface area contributed by atoms with E-state index in [1.165, 1.54) is 12.1 Å². The van der Waals surface area contributed by atoms with Crippen molar-refractivity contribution in [2.75, 3.05) is 29.0 Å². The molecule has 3 rings (SSSR count). The third-order valence-electron chi connectivity index (χ3n) is 4.34. The summed E-state index contributed by atoms with van der Waals surface area (Å²) in [6, 6.07) is 6.11.